The molecule has 0 saturated carbocycles. The highest BCUT2D eigenvalue weighted by atomic mass is 15.1. The van der Waals surface area contributed by atoms with Gasteiger partial charge in [0.1, 0.15) is 12.4 Å². The number of aryl methyl sites for hydroxylation is 2. The molecule has 0 N–H and O–H groups in total. The van der Waals surface area contributed by atoms with Crippen LogP contribution in [0.5, 0.6) is 0 Å². The van der Waals surface area contributed by atoms with Crippen LogP contribution in [0.15, 0.2) is 6.20 Å². The van der Waals surface area contributed by atoms with Crippen LogP contribution in [0.4, 0.5) is 0 Å². The van der Waals surface area contributed by atoms with Gasteiger partial charge in [0.05, 0.1) is 11.8 Å². The summed E-state index contributed by atoms with van der Waals surface area (Å²) >= 11 is 0. The molecule has 0 bridgehead atoms. The van der Waals surface area contributed by atoms with Crippen LogP contribution in [0.25, 0.3) is 0 Å². The van der Waals surface area contributed by atoms with E-state index in [4.69, 9.17) is 5.26 Å². The molecule has 0 aliphatic rings. The summed E-state index contributed by atoms with van der Waals surface area (Å²) in [5, 5.41) is 8.45. The molecule has 11 heavy (non-hydrogen) atoms. The Morgan fingerprint density at radius 1 is 1.73 bits per heavy atom. The molecule has 0 unspecified atom stereocenters. The first-order valence-corrected chi connectivity index (χ1v) is 3.67. The SMILES string of the molecule is CCc1nc(C)cn1CC#N. The van der Waals surface area contributed by atoms with E-state index in [0.717, 1.165) is 17.9 Å². The van der Waals surface area contributed by atoms with Gasteiger partial charge >= 0.3 is 0 Å². The predicted molar refractivity (Wildman–Crippen MR) is 42.0 cm³/mol. The smallest absolute Gasteiger partial charge is 0.111 e. The second-order valence-electron chi connectivity index (χ2n) is 2.44. The number of hydrogen-bond acceptors (Lipinski definition) is 2. The highest BCUT2D eigenvalue weighted by Crippen LogP contribution is 2.02. The van der Waals surface area contributed by atoms with Crippen LogP contribution >= 0.6 is 0 Å². The Morgan fingerprint density at radius 2 is 2.45 bits per heavy atom. The second-order valence-corrected chi connectivity index (χ2v) is 2.44. The molecule has 1 aromatic heterocycles. The molecule has 0 saturated heterocycles. The quantitative estimate of drug-likeness (QED) is 0.635. The molecule has 1 rings (SSSR count). The zero-order chi connectivity index (χ0) is 8.27. The summed E-state index contributed by atoms with van der Waals surface area (Å²) in [6.45, 7) is 4.38. The van der Waals surface area contributed by atoms with Gasteiger partial charge in [0.2, 0.25) is 0 Å². The molecule has 0 amide bonds. The van der Waals surface area contributed by atoms with Crippen LogP contribution in [0.1, 0.15) is 18.4 Å². The highest BCUT2D eigenvalue weighted by Gasteiger charge is 2.00. The standard InChI is InChI=1S/C8H11N3/c1-3-8-10-7(2)6-11(8)5-4-9/h6H,3,5H2,1-2H3. The third-order valence-corrected chi connectivity index (χ3v) is 1.54. The van der Waals surface area contributed by atoms with E-state index in [2.05, 4.69) is 11.1 Å². The number of rotatable bonds is 2. The average molecular weight is 149 g/mol. The van der Waals surface area contributed by atoms with Gasteiger partial charge in [-0.25, -0.2) is 4.98 Å². The normalized spacial score (nSPS) is 9.55. The lowest BCUT2D eigenvalue weighted by molar-refractivity contribution is 0.755. The summed E-state index contributed by atoms with van der Waals surface area (Å²) in [5.41, 5.74) is 0.983. The van der Waals surface area contributed by atoms with Crippen molar-refractivity contribution in [2.45, 2.75) is 26.8 Å². The lowest BCUT2D eigenvalue weighted by Crippen LogP contribution is -1.99. The van der Waals surface area contributed by atoms with Crippen molar-refractivity contribution >= 4 is 0 Å². The van der Waals surface area contributed by atoms with Gasteiger partial charge in [-0.15, -0.1) is 0 Å². The first kappa shape index (κ1) is 7.80. The predicted octanol–water partition coefficient (Wildman–Crippen LogP) is 1.28. The summed E-state index contributed by atoms with van der Waals surface area (Å²) < 4.78 is 1.88. The first-order valence-electron chi connectivity index (χ1n) is 3.67. The van der Waals surface area contributed by atoms with E-state index < -0.39 is 0 Å². The molecule has 0 aliphatic carbocycles. The van der Waals surface area contributed by atoms with Crippen LogP contribution in [0.3, 0.4) is 0 Å². The Morgan fingerprint density at radius 3 is 3.00 bits per heavy atom. The zero-order valence-electron chi connectivity index (χ0n) is 6.83. The number of imidazole rings is 1. The van der Waals surface area contributed by atoms with Crippen molar-refractivity contribution in [3.8, 4) is 6.07 Å². The van der Waals surface area contributed by atoms with Gasteiger partial charge in [0.25, 0.3) is 0 Å². The molecule has 1 heterocycles. The zero-order valence-corrected chi connectivity index (χ0v) is 6.83. The number of hydrogen-bond donors (Lipinski definition) is 0. The average Bonchev–Trinajstić information content (AvgIpc) is 2.32. The van der Waals surface area contributed by atoms with Crippen LogP contribution in [0, 0.1) is 18.3 Å². The molecule has 0 fully saturated rings. The van der Waals surface area contributed by atoms with Crippen molar-refractivity contribution in [3.05, 3.63) is 17.7 Å². The van der Waals surface area contributed by atoms with E-state index >= 15 is 0 Å². The highest BCUT2D eigenvalue weighted by molar-refractivity contribution is 5.03. The van der Waals surface area contributed by atoms with E-state index in [1.165, 1.54) is 0 Å². The second kappa shape index (κ2) is 3.20. The van der Waals surface area contributed by atoms with E-state index in [1.807, 2.05) is 24.6 Å². The molecule has 1 aromatic rings. The number of nitrogens with zero attached hydrogens (tertiary/aromatic N) is 3. The number of nitriles is 1. The Bertz CT molecular complexity index is 280. The Hall–Kier alpha value is -1.30. The summed E-state index contributed by atoms with van der Waals surface area (Å²) in [6.07, 6.45) is 2.79. The molecule has 0 spiro atoms. The maximum absolute atomic E-state index is 8.45. The van der Waals surface area contributed by atoms with Gasteiger partial charge in [0, 0.05) is 12.6 Å². The molecular formula is C8H11N3. The lowest BCUT2D eigenvalue weighted by Gasteiger charge is -1.97. The fraction of sp³-hybridized carbons (Fsp3) is 0.500. The van der Waals surface area contributed by atoms with Gasteiger partial charge in [-0.05, 0) is 6.92 Å². The minimum Gasteiger partial charge on any atom is -0.321 e. The van der Waals surface area contributed by atoms with Crippen molar-refractivity contribution in [2.75, 3.05) is 0 Å². The summed E-state index contributed by atoms with van der Waals surface area (Å²) in [5.74, 6) is 0.990. The van der Waals surface area contributed by atoms with Gasteiger partial charge in [-0.1, -0.05) is 6.92 Å². The molecule has 0 aliphatic heterocycles. The molecule has 3 nitrogen and oxygen atoms in total. The fourth-order valence-corrected chi connectivity index (χ4v) is 1.09. The van der Waals surface area contributed by atoms with Crippen LogP contribution in [-0.4, -0.2) is 9.55 Å². The summed E-state index contributed by atoms with van der Waals surface area (Å²) in [7, 11) is 0. The van der Waals surface area contributed by atoms with Gasteiger partial charge < -0.3 is 4.57 Å². The van der Waals surface area contributed by atoms with Gasteiger partial charge in [-0.2, -0.15) is 5.26 Å². The van der Waals surface area contributed by atoms with E-state index in [1.54, 1.807) is 0 Å². The Balaban J connectivity index is 2.94. The molecule has 0 aromatic carbocycles. The molecule has 0 radical (unpaired) electrons. The molecule has 0 atom stereocenters. The van der Waals surface area contributed by atoms with Crippen LogP contribution in [-0.2, 0) is 13.0 Å². The van der Waals surface area contributed by atoms with Crippen molar-refractivity contribution in [3.63, 3.8) is 0 Å². The van der Waals surface area contributed by atoms with E-state index in [-0.39, 0.29) is 0 Å². The fourth-order valence-electron chi connectivity index (χ4n) is 1.09. The summed E-state index contributed by atoms with van der Waals surface area (Å²) in [6, 6.07) is 2.09. The number of aromatic nitrogens is 2. The molecule has 58 valence electrons. The summed E-state index contributed by atoms with van der Waals surface area (Å²) in [4.78, 5) is 4.26. The minimum absolute atomic E-state index is 0.407. The van der Waals surface area contributed by atoms with Crippen molar-refractivity contribution < 1.29 is 0 Å². The van der Waals surface area contributed by atoms with Crippen LogP contribution in [0.2, 0.25) is 0 Å². The maximum Gasteiger partial charge on any atom is 0.111 e. The van der Waals surface area contributed by atoms with E-state index in [9.17, 15) is 0 Å². The van der Waals surface area contributed by atoms with Crippen molar-refractivity contribution in [1.82, 2.24) is 9.55 Å². The molecule has 3 heteroatoms. The minimum atomic E-state index is 0.407. The maximum atomic E-state index is 8.45. The van der Waals surface area contributed by atoms with Gasteiger partial charge in [0.15, 0.2) is 0 Å². The first-order chi connectivity index (χ1) is 5.27. The lowest BCUT2D eigenvalue weighted by atomic mass is 10.4. The third-order valence-electron chi connectivity index (χ3n) is 1.54. The van der Waals surface area contributed by atoms with E-state index in [0.29, 0.717) is 6.54 Å². The van der Waals surface area contributed by atoms with Crippen molar-refractivity contribution in [1.29, 1.82) is 5.26 Å². The molecular weight excluding hydrogens is 138 g/mol. The Kier molecular flexibility index (Phi) is 2.27. The largest absolute Gasteiger partial charge is 0.321 e. The topological polar surface area (TPSA) is 41.6 Å². The van der Waals surface area contributed by atoms with Crippen LogP contribution < -0.4 is 0 Å². The monoisotopic (exact) mass is 149 g/mol. The van der Waals surface area contributed by atoms with Gasteiger partial charge in [-0.3, -0.25) is 0 Å². The van der Waals surface area contributed by atoms with Crippen molar-refractivity contribution in [2.24, 2.45) is 0 Å². The third kappa shape index (κ3) is 1.58. The Labute approximate surface area is 66.3 Å².